The van der Waals surface area contributed by atoms with E-state index in [0.29, 0.717) is 0 Å². The fourth-order valence-corrected chi connectivity index (χ4v) is 5.31. The molecule has 0 aromatic heterocycles. The van der Waals surface area contributed by atoms with E-state index < -0.39 is 29.0 Å². The molecule has 35 heavy (non-hydrogen) atoms. The lowest BCUT2D eigenvalue weighted by molar-refractivity contribution is -0.153. The van der Waals surface area contributed by atoms with E-state index in [2.05, 4.69) is 22.8 Å². The minimum atomic E-state index is -1.39. The second kappa shape index (κ2) is 9.00. The SMILES string of the molecule is CC(NC(=O)OCC1c2ccccc2-c2ccccc21)(C(=O)NC1(C(=O)O)CCOCC1)C1CC1. The van der Waals surface area contributed by atoms with Crippen LogP contribution in [0.4, 0.5) is 4.79 Å². The molecule has 0 spiro atoms. The molecule has 0 bridgehead atoms. The normalized spacial score (nSPS) is 20.1. The molecule has 1 aliphatic heterocycles. The van der Waals surface area contributed by atoms with Gasteiger partial charge in [-0.05, 0) is 47.9 Å². The molecule has 1 saturated heterocycles. The molecule has 0 radical (unpaired) electrons. The molecule has 5 rings (SSSR count). The van der Waals surface area contributed by atoms with E-state index in [9.17, 15) is 19.5 Å². The summed E-state index contributed by atoms with van der Waals surface area (Å²) in [5.41, 5.74) is 1.82. The quantitative estimate of drug-likeness (QED) is 0.562. The van der Waals surface area contributed by atoms with Crippen LogP contribution in [0, 0.1) is 5.92 Å². The lowest BCUT2D eigenvalue weighted by Crippen LogP contribution is -2.66. The Morgan fingerprint density at radius 3 is 2.14 bits per heavy atom. The number of fused-ring (bicyclic) bond motifs is 3. The van der Waals surface area contributed by atoms with E-state index in [1.165, 1.54) is 0 Å². The number of rotatable bonds is 7. The first-order valence-corrected chi connectivity index (χ1v) is 12.1. The van der Waals surface area contributed by atoms with Gasteiger partial charge in [0.05, 0.1) is 0 Å². The summed E-state index contributed by atoms with van der Waals surface area (Å²) >= 11 is 0. The summed E-state index contributed by atoms with van der Waals surface area (Å²) in [5, 5.41) is 15.3. The van der Waals surface area contributed by atoms with Crippen molar-refractivity contribution in [1.29, 1.82) is 0 Å². The first-order valence-electron chi connectivity index (χ1n) is 12.1. The predicted octanol–water partition coefficient (Wildman–Crippen LogP) is 3.44. The van der Waals surface area contributed by atoms with Crippen LogP contribution in [0.1, 0.15) is 49.7 Å². The van der Waals surface area contributed by atoms with Crippen LogP contribution in [-0.2, 0) is 19.1 Å². The van der Waals surface area contributed by atoms with Gasteiger partial charge in [-0.1, -0.05) is 48.5 Å². The summed E-state index contributed by atoms with van der Waals surface area (Å²) in [6, 6.07) is 16.2. The minimum Gasteiger partial charge on any atom is -0.480 e. The van der Waals surface area contributed by atoms with Crippen molar-refractivity contribution in [3.05, 3.63) is 59.7 Å². The number of carboxylic acid groups (broad SMARTS) is 1. The first-order chi connectivity index (χ1) is 16.8. The third kappa shape index (κ3) is 4.27. The van der Waals surface area contributed by atoms with E-state index in [1.54, 1.807) is 6.92 Å². The van der Waals surface area contributed by atoms with Gasteiger partial charge in [-0.3, -0.25) is 4.79 Å². The van der Waals surface area contributed by atoms with Crippen molar-refractivity contribution >= 4 is 18.0 Å². The van der Waals surface area contributed by atoms with Crippen molar-refractivity contribution < 1.29 is 29.0 Å². The van der Waals surface area contributed by atoms with Crippen LogP contribution in [0.5, 0.6) is 0 Å². The smallest absolute Gasteiger partial charge is 0.408 e. The number of hydrogen-bond donors (Lipinski definition) is 3. The average Bonchev–Trinajstić information content (AvgIpc) is 3.67. The van der Waals surface area contributed by atoms with Crippen molar-refractivity contribution in [1.82, 2.24) is 10.6 Å². The van der Waals surface area contributed by atoms with Gasteiger partial charge in [0.15, 0.2) is 0 Å². The number of carbonyl (C=O) groups excluding carboxylic acids is 2. The molecule has 2 fully saturated rings. The molecule has 1 unspecified atom stereocenters. The molecule has 2 aromatic carbocycles. The van der Waals surface area contributed by atoms with Crippen molar-refractivity contribution in [3.8, 4) is 11.1 Å². The molecule has 1 atom stereocenters. The molecule has 3 N–H and O–H groups in total. The number of nitrogens with one attached hydrogen (secondary N) is 2. The fourth-order valence-electron chi connectivity index (χ4n) is 5.31. The topological polar surface area (TPSA) is 114 Å². The first kappa shape index (κ1) is 23.4. The summed E-state index contributed by atoms with van der Waals surface area (Å²) in [6.45, 7) is 2.30. The Labute approximate surface area is 204 Å². The van der Waals surface area contributed by atoms with E-state index in [4.69, 9.17) is 9.47 Å². The zero-order valence-corrected chi connectivity index (χ0v) is 19.7. The lowest BCUT2D eigenvalue weighted by Gasteiger charge is -2.38. The number of carbonyl (C=O) groups is 3. The predicted molar refractivity (Wildman–Crippen MR) is 128 cm³/mol. The van der Waals surface area contributed by atoms with Crippen LogP contribution in [0.3, 0.4) is 0 Å². The second-order valence-electron chi connectivity index (χ2n) is 9.88. The van der Waals surface area contributed by atoms with Crippen LogP contribution < -0.4 is 10.6 Å². The highest BCUT2D eigenvalue weighted by Gasteiger charge is 2.52. The highest BCUT2D eigenvalue weighted by atomic mass is 16.5. The van der Waals surface area contributed by atoms with Gasteiger partial charge in [-0.25, -0.2) is 9.59 Å². The van der Waals surface area contributed by atoms with Crippen molar-refractivity contribution in [2.45, 2.75) is 49.6 Å². The number of aliphatic carboxylic acids is 1. The highest BCUT2D eigenvalue weighted by molar-refractivity contribution is 5.94. The maximum absolute atomic E-state index is 13.4. The zero-order chi connectivity index (χ0) is 24.6. The van der Waals surface area contributed by atoms with Crippen LogP contribution in [0.2, 0.25) is 0 Å². The van der Waals surface area contributed by atoms with Gasteiger partial charge in [-0.2, -0.15) is 0 Å². The molecule has 184 valence electrons. The van der Waals surface area contributed by atoms with Gasteiger partial charge in [0.2, 0.25) is 5.91 Å². The number of carboxylic acids is 1. The molecule has 2 aromatic rings. The zero-order valence-electron chi connectivity index (χ0n) is 19.7. The Hall–Kier alpha value is -3.39. The van der Waals surface area contributed by atoms with E-state index in [0.717, 1.165) is 35.1 Å². The molecular weight excluding hydrogens is 448 g/mol. The summed E-state index contributed by atoms with van der Waals surface area (Å²) in [4.78, 5) is 38.3. The Bertz CT molecular complexity index is 1110. The summed E-state index contributed by atoms with van der Waals surface area (Å²) in [6.07, 6.45) is 1.22. The van der Waals surface area contributed by atoms with E-state index in [-0.39, 0.29) is 44.5 Å². The van der Waals surface area contributed by atoms with Crippen LogP contribution >= 0.6 is 0 Å². The molecule has 2 aliphatic carbocycles. The third-order valence-electron chi connectivity index (χ3n) is 7.68. The lowest BCUT2D eigenvalue weighted by atomic mass is 9.87. The van der Waals surface area contributed by atoms with E-state index in [1.807, 2.05) is 36.4 Å². The summed E-state index contributed by atoms with van der Waals surface area (Å²) in [7, 11) is 0. The molecule has 1 heterocycles. The Balaban J connectivity index is 1.28. The van der Waals surface area contributed by atoms with Crippen LogP contribution in [0.15, 0.2) is 48.5 Å². The Kier molecular flexibility index (Phi) is 6.01. The maximum Gasteiger partial charge on any atom is 0.408 e. The Morgan fingerprint density at radius 1 is 1.03 bits per heavy atom. The standard InChI is InChI=1S/C27H30N2O6/c1-26(17-10-11-17,23(30)28-27(24(31)32)12-14-34-15-13-27)29-25(33)35-16-22-20-8-4-2-6-18(20)19-7-3-5-9-21(19)22/h2-9,17,22H,10-16H2,1H3,(H,28,30)(H,29,33)(H,31,32). The molecule has 2 amide bonds. The van der Waals surface area contributed by atoms with Gasteiger partial charge in [0, 0.05) is 32.0 Å². The number of benzene rings is 2. The maximum atomic E-state index is 13.4. The average molecular weight is 479 g/mol. The molecule has 8 heteroatoms. The van der Waals surface area contributed by atoms with Crippen molar-refractivity contribution in [2.24, 2.45) is 5.92 Å². The number of ether oxygens (including phenoxy) is 2. The molecule has 1 saturated carbocycles. The number of alkyl carbamates (subject to hydrolysis) is 1. The second-order valence-corrected chi connectivity index (χ2v) is 9.88. The van der Waals surface area contributed by atoms with Crippen molar-refractivity contribution in [3.63, 3.8) is 0 Å². The fraction of sp³-hybridized carbons (Fsp3) is 0.444. The molecule has 3 aliphatic rings. The summed E-state index contributed by atoms with van der Waals surface area (Å²) < 4.78 is 11.0. The molecular formula is C27H30N2O6. The number of amides is 2. The van der Waals surface area contributed by atoms with Crippen LogP contribution in [0.25, 0.3) is 11.1 Å². The monoisotopic (exact) mass is 478 g/mol. The van der Waals surface area contributed by atoms with Gasteiger partial charge in [0.25, 0.3) is 0 Å². The van der Waals surface area contributed by atoms with Gasteiger partial charge >= 0.3 is 12.1 Å². The Morgan fingerprint density at radius 2 is 1.60 bits per heavy atom. The highest BCUT2D eigenvalue weighted by Crippen LogP contribution is 2.45. The van der Waals surface area contributed by atoms with Crippen molar-refractivity contribution in [2.75, 3.05) is 19.8 Å². The number of hydrogen-bond acceptors (Lipinski definition) is 5. The van der Waals surface area contributed by atoms with Crippen LogP contribution in [-0.4, -0.2) is 54.0 Å². The van der Waals surface area contributed by atoms with E-state index >= 15 is 0 Å². The molecule has 8 nitrogen and oxygen atoms in total. The van der Waals surface area contributed by atoms with Gasteiger partial charge < -0.3 is 25.2 Å². The largest absolute Gasteiger partial charge is 0.480 e. The van der Waals surface area contributed by atoms with Gasteiger partial charge in [-0.15, -0.1) is 0 Å². The third-order valence-corrected chi connectivity index (χ3v) is 7.68. The summed E-state index contributed by atoms with van der Waals surface area (Å²) in [5.74, 6) is -1.76. The minimum absolute atomic E-state index is 0.0753. The van der Waals surface area contributed by atoms with Gasteiger partial charge in [0.1, 0.15) is 17.7 Å².